The van der Waals surface area contributed by atoms with Crippen molar-refractivity contribution < 1.29 is 4.79 Å². The van der Waals surface area contributed by atoms with Crippen LogP contribution in [0.15, 0.2) is 11.1 Å². The third-order valence-corrected chi connectivity index (χ3v) is 1.94. The van der Waals surface area contributed by atoms with Crippen molar-refractivity contribution >= 4 is 17.7 Å². The van der Waals surface area contributed by atoms with Crippen LogP contribution in [0.2, 0.25) is 0 Å². The van der Waals surface area contributed by atoms with Gasteiger partial charge in [0.1, 0.15) is 0 Å². The molecule has 0 unspecified atom stereocenters. The van der Waals surface area contributed by atoms with Gasteiger partial charge in [0.2, 0.25) is 5.91 Å². The number of thioether (sulfide) groups is 1. The SMILES string of the molecule is C/C=C1\NC(=O)CS1. The lowest BCUT2D eigenvalue weighted by Crippen LogP contribution is -2.13. The first-order chi connectivity index (χ1) is 3.83. The van der Waals surface area contributed by atoms with E-state index in [1.165, 1.54) is 0 Å². The Hall–Kier alpha value is -0.440. The highest BCUT2D eigenvalue weighted by molar-refractivity contribution is 8.04. The summed E-state index contributed by atoms with van der Waals surface area (Å²) in [5, 5.41) is 3.67. The van der Waals surface area contributed by atoms with Crippen molar-refractivity contribution in [3.63, 3.8) is 0 Å². The standard InChI is InChI=1S/C5H7NOS/c1-2-5-6-4(7)3-8-5/h2H,3H2,1H3,(H,6,7)/b5-2+. The zero-order valence-electron chi connectivity index (χ0n) is 4.60. The third-order valence-electron chi connectivity index (χ3n) is 0.884. The Bertz CT molecular complexity index is 141. The minimum Gasteiger partial charge on any atom is -0.320 e. The molecule has 2 nitrogen and oxygen atoms in total. The summed E-state index contributed by atoms with van der Waals surface area (Å²) in [7, 11) is 0. The fourth-order valence-electron chi connectivity index (χ4n) is 0.508. The summed E-state index contributed by atoms with van der Waals surface area (Å²) in [4.78, 5) is 10.4. The number of amides is 1. The Kier molecular flexibility index (Phi) is 1.58. The van der Waals surface area contributed by atoms with E-state index in [-0.39, 0.29) is 5.91 Å². The van der Waals surface area contributed by atoms with E-state index in [9.17, 15) is 4.79 Å². The highest BCUT2D eigenvalue weighted by Gasteiger charge is 2.12. The largest absolute Gasteiger partial charge is 0.320 e. The Morgan fingerprint density at radius 1 is 1.88 bits per heavy atom. The van der Waals surface area contributed by atoms with Crippen molar-refractivity contribution in [1.82, 2.24) is 5.32 Å². The Morgan fingerprint density at radius 2 is 2.62 bits per heavy atom. The minimum absolute atomic E-state index is 0.114. The molecule has 0 saturated carbocycles. The highest BCUT2D eigenvalue weighted by Crippen LogP contribution is 2.17. The number of hydrogen-bond donors (Lipinski definition) is 1. The van der Waals surface area contributed by atoms with Gasteiger partial charge in [0, 0.05) is 0 Å². The molecule has 1 rings (SSSR count). The second-order valence-corrected chi connectivity index (χ2v) is 2.51. The topological polar surface area (TPSA) is 29.1 Å². The summed E-state index contributed by atoms with van der Waals surface area (Å²) >= 11 is 1.55. The molecule has 0 bridgehead atoms. The van der Waals surface area contributed by atoms with Crippen molar-refractivity contribution in [2.45, 2.75) is 6.92 Å². The zero-order valence-corrected chi connectivity index (χ0v) is 5.42. The molecule has 0 atom stereocenters. The molecule has 1 N–H and O–H groups in total. The van der Waals surface area contributed by atoms with Gasteiger partial charge < -0.3 is 5.32 Å². The van der Waals surface area contributed by atoms with E-state index in [1.807, 2.05) is 13.0 Å². The van der Waals surface area contributed by atoms with Crippen molar-refractivity contribution in [2.24, 2.45) is 0 Å². The minimum atomic E-state index is 0.114. The van der Waals surface area contributed by atoms with E-state index >= 15 is 0 Å². The van der Waals surface area contributed by atoms with Crippen LogP contribution in [0.5, 0.6) is 0 Å². The smallest absolute Gasteiger partial charge is 0.235 e. The number of rotatable bonds is 0. The molecule has 1 aliphatic heterocycles. The van der Waals surface area contributed by atoms with Crippen molar-refractivity contribution in [2.75, 3.05) is 5.75 Å². The van der Waals surface area contributed by atoms with Gasteiger partial charge in [-0.05, 0) is 6.92 Å². The van der Waals surface area contributed by atoms with Crippen molar-refractivity contribution in [1.29, 1.82) is 0 Å². The number of carbonyl (C=O) groups is 1. The quantitative estimate of drug-likeness (QED) is 0.522. The van der Waals surface area contributed by atoms with E-state index in [2.05, 4.69) is 5.32 Å². The summed E-state index contributed by atoms with van der Waals surface area (Å²) < 4.78 is 0. The van der Waals surface area contributed by atoms with Crippen LogP contribution in [-0.2, 0) is 4.79 Å². The molecule has 3 heteroatoms. The molecule has 0 aromatic heterocycles. The van der Waals surface area contributed by atoms with Gasteiger partial charge in [0.15, 0.2) is 0 Å². The summed E-state index contributed by atoms with van der Waals surface area (Å²) in [5.74, 6) is 0.697. The molecule has 1 aliphatic rings. The summed E-state index contributed by atoms with van der Waals surface area (Å²) in [6.07, 6.45) is 1.90. The molecular weight excluding hydrogens is 122 g/mol. The van der Waals surface area contributed by atoms with Gasteiger partial charge in [-0.15, -0.1) is 0 Å². The van der Waals surface area contributed by atoms with Crippen LogP contribution in [-0.4, -0.2) is 11.7 Å². The van der Waals surface area contributed by atoms with Crippen LogP contribution in [0.25, 0.3) is 0 Å². The van der Waals surface area contributed by atoms with E-state index in [1.54, 1.807) is 11.8 Å². The van der Waals surface area contributed by atoms with E-state index in [0.717, 1.165) is 5.03 Å². The molecule has 0 aromatic rings. The fourth-order valence-corrected chi connectivity index (χ4v) is 1.22. The van der Waals surface area contributed by atoms with E-state index < -0.39 is 0 Å². The van der Waals surface area contributed by atoms with Crippen molar-refractivity contribution in [3.8, 4) is 0 Å². The Balaban J connectivity index is 2.56. The highest BCUT2D eigenvalue weighted by atomic mass is 32.2. The van der Waals surface area contributed by atoms with Crippen LogP contribution >= 0.6 is 11.8 Å². The number of nitrogens with one attached hydrogen (secondary N) is 1. The summed E-state index contributed by atoms with van der Waals surface area (Å²) in [6.45, 7) is 1.91. The molecule has 1 heterocycles. The monoisotopic (exact) mass is 129 g/mol. The maximum Gasteiger partial charge on any atom is 0.235 e. The predicted octanol–water partition coefficient (Wildman–Crippen LogP) is 0.711. The molecule has 0 spiro atoms. The molecular formula is C5H7NOS. The normalized spacial score (nSPS) is 24.1. The lowest BCUT2D eigenvalue weighted by atomic mass is 10.6. The first-order valence-corrected chi connectivity index (χ1v) is 3.40. The third kappa shape index (κ3) is 1.04. The Labute approximate surface area is 52.3 Å². The molecule has 1 saturated heterocycles. The first-order valence-electron chi connectivity index (χ1n) is 2.42. The molecule has 0 aromatic carbocycles. The molecule has 0 aliphatic carbocycles. The molecule has 1 fully saturated rings. The van der Waals surface area contributed by atoms with Crippen LogP contribution in [0.1, 0.15) is 6.92 Å². The van der Waals surface area contributed by atoms with Crippen LogP contribution < -0.4 is 5.32 Å². The first kappa shape index (κ1) is 5.69. The van der Waals surface area contributed by atoms with Gasteiger partial charge in [-0.25, -0.2) is 0 Å². The maximum atomic E-state index is 10.4. The Morgan fingerprint density at radius 3 is 2.88 bits per heavy atom. The average molecular weight is 129 g/mol. The number of carbonyl (C=O) groups excluding carboxylic acids is 1. The molecule has 44 valence electrons. The van der Waals surface area contributed by atoms with E-state index in [0.29, 0.717) is 5.75 Å². The van der Waals surface area contributed by atoms with Gasteiger partial charge in [-0.3, -0.25) is 4.79 Å². The van der Waals surface area contributed by atoms with Gasteiger partial charge in [-0.2, -0.15) is 0 Å². The lowest BCUT2D eigenvalue weighted by Gasteiger charge is -1.88. The second kappa shape index (κ2) is 2.22. The second-order valence-electron chi connectivity index (χ2n) is 1.49. The summed E-state index contributed by atoms with van der Waals surface area (Å²) in [5.41, 5.74) is 0. The number of hydrogen-bond acceptors (Lipinski definition) is 2. The van der Waals surface area contributed by atoms with Gasteiger partial charge >= 0.3 is 0 Å². The van der Waals surface area contributed by atoms with Crippen LogP contribution in [0.3, 0.4) is 0 Å². The fraction of sp³-hybridized carbons (Fsp3) is 0.400. The zero-order chi connectivity index (χ0) is 5.98. The number of allylic oxidation sites excluding steroid dienone is 1. The average Bonchev–Trinajstić information content (AvgIpc) is 2.14. The molecule has 1 amide bonds. The predicted molar refractivity (Wildman–Crippen MR) is 34.4 cm³/mol. The molecule has 0 radical (unpaired) electrons. The summed E-state index contributed by atoms with van der Waals surface area (Å²) in [6, 6.07) is 0. The van der Waals surface area contributed by atoms with E-state index in [4.69, 9.17) is 0 Å². The van der Waals surface area contributed by atoms with Crippen LogP contribution in [0, 0.1) is 0 Å². The van der Waals surface area contributed by atoms with Crippen molar-refractivity contribution in [3.05, 3.63) is 11.1 Å². The molecule has 8 heavy (non-hydrogen) atoms. The lowest BCUT2D eigenvalue weighted by molar-refractivity contribution is -0.117. The van der Waals surface area contributed by atoms with Gasteiger partial charge in [-0.1, -0.05) is 17.8 Å². The van der Waals surface area contributed by atoms with Crippen LogP contribution in [0.4, 0.5) is 0 Å². The van der Waals surface area contributed by atoms with Gasteiger partial charge in [0.05, 0.1) is 10.8 Å². The maximum absolute atomic E-state index is 10.4. The van der Waals surface area contributed by atoms with Gasteiger partial charge in [0.25, 0.3) is 0 Å².